The fourth-order valence-corrected chi connectivity index (χ4v) is 4.80. The molecule has 2 aliphatic heterocycles. The molecule has 4 aliphatic rings. The number of aryl methyl sites for hydroxylation is 1. The van der Waals surface area contributed by atoms with E-state index in [1.54, 1.807) is 0 Å². The van der Waals surface area contributed by atoms with E-state index in [2.05, 4.69) is 21.6 Å². The van der Waals surface area contributed by atoms with E-state index in [1.807, 2.05) is 6.92 Å². The molecule has 4 fully saturated rings. The van der Waals surface area contributed by atoms with E-state index in [9.17, 15) is 0 Å². The molecule has 0 aromatic carbocycles. The average molecular weight is 265 g/mol. The lowest BCUT2D eigenvalue weighted by atomic mass is 9.57. The summed E-state index contributed by atoms with van der Waals surface area (Å²) in [4.78, 5) is 4.43. The number of rotatable bonds is 3. The maximum Gasteiger partial charge on any atom is 0.139 e. The second-order valence-corrected chi connectivity index (χ2v) is 7.26. The van der Waals surface area contributed by atoms with E-state index in [-0.39, 0.29) is 16.7 Å². The van der Waals surface area contributed by atoms with Gasteiger partial charge in [-0.2, -0.15) is 4.37 Å². The zero-order chi connectivity index (χ0) is 12.4. The van der Waals surface area contributed by atoms with E-state index in [1.165, 1.54) is 30.8 Å². The Labute approximate surface area is 111 Å². The lowest BCUT2D eigenvalue weighted by Crippen LogP contribution is -2.65. The lowest BCUT2D eigenvalue weighted by Gasteiger charge is -2.51. The molecule has 2 bridgehead atoms. The summed E-state index contributed by atoms with van der Waals surface area (Å²) < 4.78 is 10.6. The number of nitrogens with zero attached hydrogens (tertiary/aromatic N) is 2. The zero-order valence-electron chi connectivity index (χ0n) is 11.0. The molecule has 0 amide bonds. The van der Waals surface area contributed by atoms with Gasteiger partial charge in [0, 0.05) is 6.54 Å². The zero-order valence-corrected chi connectivity index (χ0v) is 11.8. The van der Waals surface area contributed by atoms with Gasteiger partial charge in [-0.1, -0.05) is 0 Å². The first-order chi connectivity index (χ1) is 8.55. The number of ether oxygens (including phenoxy) is 1. The molecule has 0 atom stereocenters. The Morgan fingerprint density at radius 3 is 2.72 bits per heavy atom. The van der Waals surface area contributed by atoms with Crippen LogP contribution in [0.3, 0.4) is 0 Å². The fraction of sp³-hybridized carbons (Fsp3) is 0.846. The quantitative estimate of drug-likeness (QED) is 0.910. The molecule has 2 saturated heterocycles. The monoisotopic (exact) mass is 265 g/mol. The molecule has 1 aromatic heterocycles. The van der Waals surface area contributed by atoms with Crippen molar-refractivity contribution in [1.29, 1.82) is 0 Å². The van der Waals surface area contributed by atoms with E-state index >= 15 is 0 Å². The van der Waals surface area contributed by atoms with Gasteiger partial charge in [-0.25, -0.2) is 4.98 Å². The summed E-state index contributed by atoms with van der Waals surface area (Å²) in [5, 5.41) is 4.85. The minimum atomic E-state index is 0.140. The molecule has 1 aromatic rings. The van der Waals surface area contributed by atoms with Crippen LogP contribution in [0.4, 0.5) is 0 Å². The highest BCUT2D eigenvalue weighted by atomic mass is 32.1. The van der Waals surface area contributed by atoms with Gasteiger partial charge in [0.15, 0.2) is 0 Å². The van der Waals surface area contributed by atoms with Gasteiger partial charge < -0.3 is 10.1 Å². The normalized spacial score (nSPS) is 39.7. The Morgan fingerprint density at radius 2 is 2.17 bits per heavy atom. The highest BCUT2D eigenvalue weighted by molar-refractivity contribution is 7.05. The Bertz CT molecular complexity index is 488. The molecule has 98 valence electrons. The van der Waals surface area contributed by atoms with Crippen molar-refractivity contribution in [2.45, 2.75) is 69.2 Å². The molecule has 5 heteroatoms. The Kier molecular flexibility index (Phi) is 2.09. The second kappa shape index (κ2) is 3.32. The second-order valence-electron chi connectivity index (χ2n) is 6.42. The third kappa shape index (κ3) is 1.33. The molecule has 2 aliphatic carbocycles. The van der Waals surface area contributed by atoms with Crippen LogP contribution in [0.2, 0.25) is 0 Å². The van der Waals surface area contributed by atoms with Crippen molar-refractivity contribution >= 4 is 11.5 Å². The Balaban J connectivity index is 1.51. The molecule has 1 N–H and O–H groups in total. The summed E-state index contributed by atoms with van der Waals surface area (Å²) >= 11 is 1.51. The maximum absolute atomic E-state index is 6.35. The standard InChI is InChI=1S/C13H19N3OS/c1-9-15-10(18-16-9)6-14-12-7-11(2,8-12)17-13(12)4-3-5-13/h14H,3-8H2,1-2H3. The van der Waals surface area contributed by atoms with Crippen LogP contribution in [0.1, 0.15) is 49.9 Å². The van der Waals surface area contributed by atoms with Crippen LogP contribution in [-0.2, 0) is 11.3 Å². The topological polar surface area (TPSA) is 47.0 Å². The van der Waals surface area contributed by atoms with Gasteiger partial charge >= 0.3 is 0 Å². The molecule has 3 heterocycles. The predicted octanol–water partition coefficient (Wildman–Crippen LogP) is 2.18. The van der Waals surface area contributed by atoms with Gasteiger partial charge in [0.2, 0.25) is 0 Å². The van der Waals surface area contributed by atoms with Crippen molar-refractivity contribution in [2.75, 3.05) is 0 Å². The van der Waals surface area contributed by atoms with Gasteiger partial charge in [0.05, 0.1) is 16.7 Å². The molecule has 2 saturated carbocycles. The number of aromatic nitrogens is 2. The Hall–Kier alpha value is -0.520. The van der Waals surface area contributed by atoms with Crippen molar-refractivity contribution in [3.63, 3.8) is 0 Å². The van der Waals surface area contributed by atoms with E-state index in [4.69, 9.17) is 4.74 Å². The van der Waals surface area contributed by atoms with Crippen LogP contribution in [-0.4, -0.2) is 26.1 Å². The summed E-state index contributed by atoms with van der Waals surface area (Å²) in [6.07, 6.45) is 6.10. The van der Waals surface area contributed by atoms with Crippen LogP contribution in [0, 0.1) is 6.92 Å². The van der Waals surface area contributed by atoms with Crippen molar-refractivity contribution in [3.8, 4) is 0 Å². The fourth-order valence-electron chi connectivity index (χ4n) is 4.21. The number of hydrogen-bond donors (Lipinski definition) is 1. The molecular formula is C13H19N3OS. The van der Waals surface area contributed by atoms with Crippen molar-refractivity contribution < 1.29 is 4.74 Å². The first-order valence-electron chi connectivity index (χ1n) is 6.79. The average Bonchev–Trinajstić information content (AvgIpc) is 2.81. The van der Waals surface area contributed by atoms with Crippen LogP contribution in [0.15, 0.2) is 0 Å². The van der Waals surface area contributed by atoms with Crippen LogP contribution < -0.4 is 5.32 Å². The van der Waals surface area contributed by atoms with Crippen molar-refractivity contribution in [2.24, 2.45) is 0 Å². The molecule has 5 rings (SSSR count). The lowest BCUT2D eigenvalue weighted by molar-refractivity contribution is -0.102. The highest BCUT2D eigenvalue weighted by Gasteiger charge is 2.74. The largest absolute Gasteiger partial charge is 0.367 e. The van der Waals surface area contributed by atoms with Gasteiger partial charge in [-0.05, 0) is 57.5 Å². The van der Waals surface area contributed by atoms with Crippen LogP contribution >= 0.6 is 11.5 Å². The van der Waals surface area contributed by atoms with Gasteiger partial charge in [0.25, 0.3) is 0 Å². The molecule has 0 unspecified atom stereocenters. The van der Waals surface area contributed by atoms with E-state index in [0.717, 1.165) is 30.2 Å². The maximum atomic E-state index is 6.35. The van der Waals surface area contributed by atoms with Gasteiger partial charge in [-0.3, -0.25) is 0 Å². The minimum Gasteiger partial charge on any atom is -0.367 e. The third-order valence-electron chi connectivity index (χ3n) is 4.97. The highest BCUT2D eigenvalue weighted by Crippen LogP contribution is 2.66. The molecule has 18 heavy (non-hydrogen) atoms. The predicted molar refractivity (Wildman–Crippen MR) is 69.5 cm³/mol. The van der Waals surface area contributed by atoms with Crippen LogP contribution in [0.25, 0.3) is 0 Å². The summed E-state index contributed by atoms with van der Waals surface area (Å²) in [6, 6.07) is 0. The van der Waals surface area contributed by atoms with Gasteiger partial charge in [-0.15, -0.1) is 0 Å². The van der Waals surface area contributed by atoms with Crippen molar-refractivity contribution in [1.82, 2.24) is 14.7 Å². The third-order valence-corrected chi connectivity index (χ3v) is 5.78. The molecule has 1 spiro atoms. The summed E-state index contributed by atoms with van der Waals surface area (Å²) in [6.45, 7) is 5.05. The molecule has 4 nitrogen and oxygen atoms in total. The minimum absolute atomic E-state index is 0.140. The smallest absolute Gasteiger partial charge is 0.139 e. The number of nitrogens with one attached hydrogen (secondary N) is 1. The molecular weight excluding hydrogens is 246 g/mol. The summed E-state index contributed by atoms with van der Waals surface area (Å²) in [5.41, 5.74) is 0.505. The Morgan fingerprint density at radius 1 is 1.39 bits per heavy atom. The van der Waals surface area contributed by atoms with E-state index < -0.39 is 0 Å². The first kappa shape index (κ1) is 11.3. The number of hydrogen-bond acceptors (Lipinski definition) is 5. The van der Waals surface area contributed by atoms with Crippen LogP contribution in [0.5, 0.6) is 0 Å². The first-order valence-corrected chi connectivity index (χ1v) is 7.57. The van der Waals surface area contributed by atoms with Gasteiger partial charge in [0.1, 0.15) is 10.8 Å². The summed E-state index contributed by atoms with van der Waals surface area (Å²) in [7, 11) is 0. The summed E-state index contributed by atoms with van der Waals surface area (Å²) in [5.74, 6) is 0.883. The molecule has 0 radical (unpaired) electrons. The SMILES string of the molecule is Cc1nsc(CNC23CC(C)(C2)OC32CCC2)n1. The van der Waals surface area contributed by atoms with E-state index in [0.29, 0.717) is 0 Å². The van der Waals surface area contributed by atoms with Crippen molar-refractivity contribution in [3.05, 3.63) is 10.8 Å².